The second-order valence-electron chi connectivity index (χ2n) is 7.56. The van der Waals surface area contributed by atoms with E-state index in [0.717, 1.165) is 38.9 Å². The molecule has 0 bridgehead atoms. The predicted octanol–water partition coefficient (Wildman–Crippen LogP) is 3.91. The van der Waals surface area contributed by atoms with Crippen molar-refractivity contribution in [1.29, 1.82) is 0 Å². The predicted molar refractivity (Wildman–Crippen MR) is 98.8 cm³/mol. The van der Waals surface area contributed by atoms with Crippen LogP contribution in [0.15, 0.2) is 24.3 Å². The zero-order chi connectivity index (χ0) is 16.8. The molecule has 1 atom stereocenters. The summed E-state index contributed by atoms with van der Waals surface area (Å²) in [5, 5.41) is 3.22. The van der Waals surface area contributed by atoms with Crippen LogP contribution in [0.5, 0.6) is 0 Å². The SMILES string of the molecule is CCC(CNC(=O)CC1CCCCC1)N1CCc2ccccc2C1. The van der Waals surface area contributed by atoms with Crippen LogP contribution in [0, 0.1) is 5.92 Å². The van der Waals surface area contributed by atoms with E-state index in [1.54, 1.807) is 0 Å². The molecule has 3 nitrogen and oxygen atoms in total. The van der Waals surface area contributed by atoms with Crippen molar-refractivity contribution in [2.45, 2.75) is 70.9 Å². The molecule has 0 spiro atoms. The van der Waals surface area contributed by atoms with Crippen LogP contribution in [0.1, 0.15) is 63.0 Å². The van der Waals surface area contributed by atoms with Crippen LogP contribution in [0.25, 0.3) is 0 Å². The summed E-state index contributed by atoms with van der Waals surface area (Å²) in [5.74, 6) is 0.887. The first-order valence-corrected chi connectivity index (χ1v) is 9.83. The lowest BCUT2D eigenvalue weighted by Crippen LogP contribution is -2.45. The Morgan fingerprint density at radius 2 is 1.96 bits per heavy atom. The Hall–Kier alpha value is -1.35. The summed E-state index contributed by atoms with van der Waals surface area (Å²) in [6, 6.07) is 9.22. The number of carbonyl (C=O) groups excluding carboxylic acids is 1. The normalized spacial score (nSPS) is 20.4. The molecule has 1 heterocycles. The third-order valence-corrected chi connectivity index (χ3v) is 5.88. The van der Waals surface area contributed by atoms with Gasteiger partial charge in [0.1, 0.15) is 0 Å². The van der Waals surface area contributed by atoms with Gasteiger partial charge in [-0.25, -0.2) is 0 Å². The van der Waals surface area contributed by atoms with Gasteiger partial charge in [-0.15, -0.1) is 0 Å². The number of fused-ring (bicyclic) bond motifs is 1. The summed E-state index contributed by atoms with van der Waals surface area (Å²) >= 11 is 0. The van der Waals surface area contributed by atoms with Gasteiger partial charge in [0.25, 0.3) is 0 Å². The van der Waals surface area contributed by atoms with Crippen LogP contribution in [0.4, 0.5) is 0 Å². The smallest absolute Gasteiger partial charge is 0.220 e. The summed E-state index contributed by atoms with van der Waals surface area (Å²) in [6.45, 7) is 5.16. The lowest BCUT2D eigenvalue weighted by atomic mass is 9.87. The average molecular weight is 328 g/mol. The third-order valence-electron chi connectivity index (χ3n) is 5.88. The van der Waals surface area contributed by atoms with Crippen molar-refractivity contribution in [3.63, 3.8) is 0 Å². The highest BCUT2D eigenvalue weighted by molar-refractivity contribution is 5.76. The summed E-state index contributed by atoms with van der Waals surface area (Å²) in [6.07, 6.45) is 9.41. The topological polar surface area (TPSA) is 32.3 Å². The molecule has 1 aromatic carbocycles. The van der Waals surface area contributed by atoms with Gasteiger partial charge in [-0.2, -0.15) is 0 Å². The number of amides is 1. The molecule has 24 heavy (non-hydrogen) atoms. The monoisotopic (exact) mass is 328 g/mol. The fourth-order valence-electron chi connectivity index (χ4n) is 4.32. The largest absolute Gasteiger partial charge is 0.355 e. The van der Waals surface area contributed by atoms with Gasteiger partial charge in [-0.1, -0.05) is 50.5 Å². The highest BCUT2D eigenvalue weighted by Crippen LogP contribution is 2.26. The van der Waals surface area contributed by atoms with Gasteiger partial charge < -0.3 is 5.32 Å². The first-order valence-electron chi connectivity index (χ1n) is 9.83. The van der Waals surface area contributed by atoms with Gasteiger partial charge in [0.05, 0.1) is 0 Å². The Bertz CT molecular complexity index is 536. The molecule has 132 valence electrons. The molecule has 2 aliphatic rings. The maximum atomic E-state index is 12.3. The van der Waals surface area contributed by atoms with E-state index < -0.39 is 0 Å². The lowest BCUT2D eigenvalue weighted by Gasteiger charge is -2.35. The quantitative estimate of drug-likeness (QED) is 0.858. The number of hydrogen-bond acceptors (Lipinski definition) is 2. The van der Waals surface area contributed by atoms with Gasteiger partial charge >= 0.3 is 0 Å². The van der Waals surface area contributed by atoms with Crippen molar-refractivity contribution in [2.75, 3.05) is 13.1 Å². The molecule has 1 fully saturated rings. The Labute approximate surface area is 146 Å². The van der Waals surface area contributed by atoms with Crippen LogP contribution < -0.4 is 5.32 Å². The Morgan fingerprint density at radius 3 is 2.71 bits per heavy atom. The van der Waals surface area contributed by atoms with Crippen molar-refractivity contribution in [3.05, 3.63) is 35.4 Å². The third kappa shape index (κ3) is 4.60. The Balaban J connectivity index is 1.47. The molecule has 3 rings (SSSR count). The summed E-state index contributed by atoms with van der Waals surface area (Å²) in [7, 11) is 0. The van der Waals surface area contributed by atoms with E-state index in [2.05, 4.69) is 41.4 Å². The Morgan fingerprint density at radius 1 is 1.21 bits per heavy atom. The maximum Gasteiger partial charge on any atom is 0.220 e. The summed E-state index contributed by atoms with van der Waals surface area (Å²) in [4.78, 5) is 14.8. The number of nitrogens with one attached hydrogen (secondary N) is 1. The number of nitrogens with zero attached hydrogens (tertiary/aromatic N) is 1. The van der Waals surface area contributed by atoms with Gasteiger partial charge in [0, 0.05) is 32.1 Å². The van der Waals surface area contributed by atoms with Crippen molar-refractivity contribution >= 4 is 5.91 Å². The molecule has 0 saturated heterocycles. The molecule has 0 aromatic heterocycles. The summed E-state index contributed by atoms with van der Waals surface area (Å²) in [5.41, 5.74) is 2.95. The first kappa shape index (κ1) is 17.5. The van der Waals surface area contributed by atoms with Crippen LogP contribution in [-0.2, 0) is 17.8 Å². The van der Waals surface area contributed by atoms with Crippen molar-refractivity contribution < 1.29 is 4.79 Å². The summed E-state index contributed by atoms with van der Waals surface area (Å²) < 4.78 is 0. The lowest BCUT2D eigenvalue weighted by molar-refractivity contribution is -0.122. The van der Waals surface area contributed by atoms with E-state index in [9.17, 15) is 4.79 Å². The number of rotatable bonds is 6. The zero-order valence-corrected chi connectivity index (χ0v) is 15.1. The van der Waals surface area contributed by atoms with Crippen molar-refractivity contribution in [1.82, 2.24) is 10.2 Å². The van der Waals surface area contributed by atoms with E-state index in [1.165, 1.54) is 43.2 Å². The first-order chi connectivity index (χ1) is 11.8. The second kappa shape index (κ2) is 8.66. The van der Waals surface area contributed by atoms with E-state index in [1.807, 2.05) is 0 Å². The van der Waals surface area contributed by atoms with Gasteiger partial charge in [-0.3, -0.25) is 9.69 Å². The minimum Gasteiger partial charge on any atom is -0.355 e. The number of carbonyl (C=O) groups is 1. The highest BCUT2D eigenvalue weighted by atomic mass is 16.1. The van der Waals surface area contributed by atoms with E-state index in [0.29, 0.717) is 12.0 Å². The highest BCUT2D eigenvalue weighted by Gasteiger charge is 2.23. The molecule has 1 aromatic rings. The Kier molecular flexibility index (Phi) is 6.30. The van der Waals surface area contributed by atoms with Crippen LogP contribution in [0.3, 0.4) is 0 Å². The molecule has 1 saturated carbocycles. The zero-order valence-electron chi connectivity index (χ0n) is 15.1. The minimum absolute atomic E-state index is 0.262. The molecule has 0 radical (unpaired) electrons. The molecule has 1 amide bonds. The van der Waals surface area contributed by atoms with Gasteiger partial charge in [-0.05, 0) is 42.7 Å². The fourth-order valence-corrected chi connectivity index (χ4v) is 4.32. The maximum absolute atomic E-state index is 12.3. The van der Waals surface area contributed by atoms with Crippen LogP contribution in [0.2, 0.25) is 0 Å². The van der Waals surface area contributed by atoms with Crippen molar-refractivity contribution in [3.8, 4) is 0 Å². The van der Waals surface area contributed by atoms with Crippen LogP contribution in [-0.4, -0.2) is 29.9 Å². The molecule has 1 aliphatic carbocycles. The molecular formula is C21H32N2O. The molecule has 1 N–H and O–H groups in total. The van der Waals surface area contributed by atoms with E-state index in [-0.39, 0.29) is 5.91 Å². The van der Waals surface area contributed by atoms with Crippen molar-refractivity contribution in [2.24, 2.45) is 5.92 Å². The van der Waals surface area contributed by atoms with E-state index >= 15 is 0 Å². The van der Waals surface area contributed by atoms with Gasteiger partial charge in [0.15, 0.2) is 0 Å². The minimum atomic E-state index is 0.262. The van der Waals surface area contributed by atoms with Gasteiger partial charge in [0.2, 0.25) is 5.91 Å². The second-order valence-corrected chi connectivity index (χ2v) is 7.56. The molecule has 3 heteroatoms. The molecule has 1 aliphatic heterocycles. The van der Waals surface area contributed by atoms with Crippen LogP contribution >= 0.6 is 0 Å². The number of hydrogen-bond donors (Lipinski definition) is 1. The van der Waals surface area contributed by atoms with E-state index in [4.69, 9.17) is 0 Å². The average Bonchev–Trinajstić information content (AvgIpc) is 2.63. The molecular weight excluding hydrogens is 296 g/mol. The number of benzene rings is 1. The standard InChI is InChI=1S/C21H32N2O/c1-2-20(15-22-21(24)14-17-8-4-3-5-9-17)23-13-12-18-10-6-7-11-19(18)16-23/h6-7,10-11,17,20H,2-5,8-9,12-16H2,1H3,(H,22,24). The fraction of sp³-hybridized carbons (Fsp3) is 0.667. The molecule has 1 unspecified atom stereocenters.